The number of H-pyrrole nitrogens is 1. The number of nitrogens with one attached hydrogen (secondary N) is 2. The third-order valence-corrected chi connectivity index (χ3v) is 6.54. The lowest BCUT2D eigenvalue weighted by Crippen LogP contribution is -2.53. The number of nitrogens with zero attached hydrogens (tertiary/aromatic N) is 3. The Morgan fingerprint density at radius 3 is 2.73 bits per heavy atom. The van der Waals surface area contributed by atoms with E-state index in [0.29, 0.717) is 19.4 Å². The van der Waals surface area contributed by atoms with E-state index in [-0.39, 0.29) is 48.1 Å². The van der Waals surface area contributed by atoms with E-state index in [0.717, 1.165) is 70.6 Å². The van der Waals surface area contributed by atoms with Gasteiger partial charge in [-0.15, -0.1) is 24.8 Å². The first-order chi connectivity index (χ1) is 13.6. The predicted octanol–water partition coefficient (Wildman–Crippen LogP) is 1.41. The van der Waals surface area contributed by atoms with Gasteiger partial charge in [-0.2, -0.15) is 0 Å². The van der Waals surface area contributed by atoms with Crippen LogP contribution in [0, 0.1) is 5.41 Å². The summed E-state index contributed by atoms with van der Waals surface area (Å²) in [4.78, 5) is 36.2. The van der Waals surface area contributed by atoms with Gasteiger partial charge in [-0.1, -0.05) is 0 Å². The Morgan fingerprint density at radius 2 is 2.07 bits per heavy atom. The van der Waals surface area contributed by atoms with Crippen LogP contribution in [0.3, 0.4) is 0 Å². The van der Waals surface area contributed by atoms with Crippen LogP contribution in [0.5, 0.6) is 0 Å². The number of likely N-dealkylation sites (tertiary alicyclic amines) is 2. The van der Waals surface area contributed by atoms with Crippen molar-refractivity contribution in [3.05, 3.63) is 18.2 Å². The van der Waals surface area contributed by atoms with Gasteiger partial charge in [0.05, 0.1) is 25.5 Å². The standard InChI is InChI=1S/C20H31N5O3.2ClH/c26-18-1-3-20(14-25(18)7-2-16-12-22-15-23-16)4-8-24(9-5-20)19(27)11-17-13-21-6-10-28-17;;/h12,15,17,21H,1-11,13-14H2,(H,22,23);2*1H. The minimum Gasteiger partial charge on any atom is -0.375 e. The van der Waals surface area contributed by atoms with Crippen molar-refractivity contribution in [2.24, 2.45) is 5.41 Å². The molecule has 8 nitrogen and oxygen atoms in total. The molecule has 0 aromatic carbocycles. The lowest BCUT2D eigenvalue weighted by atomic mass is 9.72. The third-order valence-electron chi connectivity index (χ3n) is 6.54. The molecule has 4 heterocycles. The third kappa shape index (κ3) is 6.09. The number of hydrogen-bond donors (Lipinski definition) is 2. The number of halogens is 2. The Labute approximate surface area is 190 Å². The summed E-state index contributed by atoms with van der Waals surface area (Å²) in [5, 5.41) is 3.28. The van der Waals surface area contributed by atoms with E-state index in [1.165, 1.54) is 0 Å². The fourth-order valence-electron chi connectivity index (χ4n) is 4.70. The van der Waals surface area contributed by atoms with Crippen LogP contribution in [0.25, 0.3) is 0 Å². The number of amides is 2. The molecular weight excluding hydrogens is 429 g/mol. The van der Waals surface area contributed by atoms with Crippen LogP contribution >= 0.6 is 24.8 Å². The minimum absolute atomic E-state index is 0. The van der Waals surface area contributed by atoms with Crippen LogP contribution < -0.4 is 5.32 Å². The smallest absolute Gasteiger partial charge is 0.225 e. The maximum atomic E-state index is 12.6. The van der Waals surface area contributed by atoms with Gasteiger partial charge in [-0.05, 0) is 24.7 Å². The molecule has 2 amide bonds. The Hall–Kier alpha value is -1.35. The molecule has 170 valence electrons. The second kappa shape index (κ2) is 11.3. The van der Waals surface area contributed by atoms with Crippen molar-refractivity contribution in [3.8, 4) is 0 Å². The van der Waals surface area contributed by atoms with E-state index in [1.807, 2.05) is 16.0 Å². The van der Waals surface area contributed by atoms with Crippen molar-refractivity contribution in [1.82, 2.24) is 25.1 Å². The first-order valence-electron chi connectivity index (χ1n) is 10.5. The average molecular weight is 462 g/mol. The summed E-state index contributed by atoms with van der Waals surface area (Å²) in [6.45, 7) is 5.45. The number of piperidine rings is 2. The number of rotatable bonds is 5. The molecule has 0 bridgehead atoms. The average Bonchev–Trinajstić information content (AvgIpc) is 3.24. The SMILES string of the molecule is Cl.Cl.O=C(CC1CNCCO1)N1CCC2(CCC(=O)N(CCc3cnc[nH]3)C2)CC1. The van der Waals surface area contributed by atoms with Gasteiger partial charge in [0.2, 0.25) is 11.8 Å². The molecule has 3 fully saturated rings. The van der Waals surface area contributed by atoms with Crippen LogP contribution in [-0.4, -0.2) is 83.6 Å². The summed E-state index contributed by atoms with van der Waals surface area (Å²) in [5.74, 6) is 0.456. The molecule has 0 saturated carbocycles. The molecule has 3 saturated heterocycles. The van der Waals surface area contributed by atoms with E-state index in [2.05, 4.69) is 15.3 Å². The number of carbonyl (C=O) groups excluding carboxylic acids is 2. The number of carbonyl (C=O) groups is 2. The number of hydrogen-bond acceptors (Lipinski definition) is 5. The van der Waals surface area contributed by atoms with Gasteiger partial charge in [0.25, 0.3) is 0 Å². The maximum absolute atomic E-state index is 12.6. The highest BCUT2D eigenvalue weighted by Gasteiger charge is 2.41. The van der Waals surface area contributed by atoms with E-state index in [1.54, 1.807) is 6.33 Å². The molecule has 3 aliphatic heterocycles. The van der Waals surface area contributed by atoms with E-state index in [4.69, 9.17) is 4.74 Å². The molecule has 1 spiro atoms. The molecule has 0 radical (unpaired) electrons. The molecule has 1 aromatic heterocycles. The van der Waals surface area contributed by atoms with Crippen molar-refractivity contribution in [3.63, 3.8) is 0 Å². The largest absolute Gasteiger partial charge is 0.375 e. The van der Waals surface area contributed by atoms with Gasteiger partial charge in [-0.3, -0.25) is 9.59 Å². The zero-order valence-electron chi connectivity index (χ0n) is 17.3. The molecule has 4 rings (SSSR count). The van der Waals surface area contributed by atoms with Crippen molar-refractivity contribution in [1.29, 1.82) is 0 Å². The number of morpholine rings is 1. The lowest BCUT2D eigenvalue weighted by molar-refractivity contribution is -0.143. The normalized spacial score (nSPS) is 23.6. The Balaban J connectivity index is 0.00000160. The summed E-state index contributed by atoms with van der Waals surface area (Å²) in [7, 11) is 0. The molecular formula is C20H33Cl2N5O3. The molecule has 1 unspecified atom stereocenters. The van der Waals surface area contributed by atoms with Gasteiger partial charge < -0.3 is 24.8 Å². The molecule has 30 heavy (non-hydrogen) atoms. The second-order valence-electron chi connectivity index (χ2n) is 8.42. The quantitative estimate of drug-likeness (QED) is 0.691. The first-order valence-corrected chi connectivity index (χ1v) is 10.5. The Bertz CT molecular complexity index is 674. The van der Waals surface area contributed by atoms with Crippen LogP contribution in [0.15, 0.2) is 12.5 Å². The summed E-state index contributed by atoms with van der Waals surface area (Å²) in [6, 6.07) is 0. The summed E-state index contributed by atoms with van der Waals surface area (Å²) in [5.41, 5.74) is 1.23. The molecule has 1 aromatic rings. The van der Waals surface area contributed by atoms with Crippen LogP contribution in [0.1, 0.15) is 37.8 Å². The topological polar surface area (TPSA) is 90.6 Å². The van der Waals surface area contributed by atoms with Crippen LogP contribution in [0.2, 0.25) is 0 Å². The second-order valence-corrected chi connectivity index (χ2v) is 8.42. The van der Waals surface area contributed by atoms with Gasteiger partial charge in [0, 0.05) is 64.0 Å². The summed E-state index contributed by atoms with van der Waals surface area (Å²) < 4.78 is 5.67. The number of ether oxygens (including phenoxy) is 1. The minimum atomic E-state index is 0. The first kappa shape index (κ1) is 24.9. The molecule has 0 aliphatic carbocycles. The van der Waals surface area contributed by atoms with E-state index in [9.17, 15) is 9.59 Å². The highest BCUT2D eigenvalue weighted by Crippen LogP contribution is 2.40. The van der Waals surface area contributed by atoms with Crippen molar-refractivity contribution in [2.75, 3.05) is 45.9 Å². The zero-order valence-corrected chi connectivity index (χ0v) is 18.9. The van der Waals surface area contributed by atoms with Crippen molar-refractivity contribution in [2.45, 2.75) is 44.6 Å². The monoisotopic (exact) mass is 461 g/mol. The summed E-state index contributed by atoms with van der Waals surface area (Å²) in [6.07, 6.45) is 8.31. The van der Waals surface area contributed by atoms with Gasteiger partial charge in [-0.25, -0.2) is 4.98 Å². The fourth-order valence-corrected chi connectivity index (χ4v) is 4.70. The molecule has 2 N–H and O–H groups in total. The number of aromatic amines is 1. The van der Waals surface area contributed by atoms with Crippen molar-refractivity contribution < 1.29 is 14.3 Å². The Kier molecular flexibility index (Phi) is 9.40. The van der Waals surface area contributed by atoms with E-state index >= 15 is 0 Å². The van der Waals surface area contributed by atoms with Gasteiger partial charge in [0.1, 0.15) is 0 Å². The highest BCUT2D eigenvalue weighted by molar-refractivity contribution is 5.85. The van der Waals surface area contributed by atoms with Gasteiger partial charge in [0.15, 0.2) is 0 Å². The fraction of sp³-hybridized carbons (Fsp3) is 0.750. The highest BCUT2D eigenvalue weighted by atomic mass is 35.5. The lowest BCUT2D eigenvalue weighted by Gasteiger charge is -2.47. The predicted molar refractivity (Wildman–Crippen MR) is 118 cm³/mol. The number of aromatic nitrogens is 2. The zero-order chi connectivity index (χ0) is 19.4. The van der Waals surface area contributed by atoms with Crippen LogP contribution in [-0.2, 0) is 20.7 Å². The summed E-state index contributed by atoms with van der Waals surface area (Å²) >= 11 is 0. The van der Waals surface area contributed by atoms with E-state index < -0.39 is 0 Å². The maximum Gasteiger partial charge on any atom is 0.225 e. The molecule has 3 aliphatic rings. The number of imidazole rings is 1. The van der Waals surface area contributed by atoms with Crippen LogP contribution in [0.4, 0.5) is 0 Å². The molecule has 1 atom stereocenters. The Morgan fingerprint density at radius 1 is 1.27 bits per heavy atom. The molecule has 10 heteroatoms. The van der Waals surface area contributed by atoms with Crippen molar-refractivity contribution >= 4 is 36.6 Å². The van der Waals surface area contributed by atoms with Gasteiger partial charge >= 0.3 is 0 Å².